The Bertz CT molecular complexity index is 980. The molecular weight excluding hydrogens is 336 g/mol. The first kappa shape index (κ1) is 15.8. The summed E-state index contributed by atoms with van der Waals surface area (Å²) in [4.78, 5) is 33.5. The molecule has 3 aromatic rings. The zero-order valence-corrected chi connectivity index (χ0v) is 14.4. The molecule has 1 unspecified atom stereocenters. The summed E-state index contributed by atoms with van der Waals surface area (Å²) in [7, 11) is 0. The van der Waals surface area contributed by atoms with Gasteiger partial charge < -0.3 is 10.6 Å². The third kappa shape index (κ3) is 2.91. The van der Waals surface area contributed by atoms with E-state index in [1.54, 1.807) is 0 Å². The molecule has 3 N–H and O–H groups in total. The van der Waals surface area contributed by atoms with Crippen LogP contribution < -0.4 is 16.2 Å². The van der Waals surface area contributed by atoms with E-state index in [0.717, 1.165) is 30.5 Å². The van der Waals surface area contributed by atoms with Crippen molar-refractivity contribution < 1.29 is 4.79 Å². The largest absolute Gasteiger partial charge is 0.369 e. The number of H-pyrrole nitrogens is 1. The number of carbonyl (C=O) groups is 1. The maximum absolute atomic E-state index is 12.5. The van der Waals surface area contributed by atoms with Crippen LogP contribution in [-0.4, -0.2) is 29.0 Å². The van der Waals surface area contributed by atoms with Gasteiger partial charge in [-0.3, -0.25) is 14.6 Å². The third-order valence-electron chi connectivity index (χ3n) is 4.62. The molecule has 1 amide bonds. The number of nitrogens with zero attached hydrogens (tertiary/aromatic N) is 2. The highest BCUT2D eigenvalue weighted by molar-refractivity contribution is 7.17. The summed E-state index contributed by atoms with van der Waals surface area (Å²) in [5.41, 5.74) is 8.00. The number of carbonyl (C=O) groups excluding carboxylic acids is 1. The lowest BCUT2D eigenvalue weighted by atomic mass is 9.98. The maximum atomic E-state index is 12.5. The van der Waals surface area contributed by atoms with Crippen molar-refractivity contribution >= 4 is 33.4 Å². The fraction of sp³-hybridized carbons (Fsp3) is 0.278. The second-order valence-corrected chi connectivity index (χ2v) is 7.15. The molecule has 3 heterocycles. The normalized spacial score (nSPS) is 17.8. The van der Waals surface area contributed by atoms with Crippen LogP contribution in [0.5, 0.6) is 0 Å². The average Bonchev–Trinajstić information content (AvgIpc) is 3.07. The zero-order chi connectivity index (χ0) is 17.4. The molecule has 1 aromatic carbocycles. The van der Waals surface area contributed by atoms with E-state index in [1.807, 2.05) is 40.6 Å². The number of anilines is 1. The van der Waals surface area contributed by atoms with Crippen molar-refractivity contribution in [1.82, 2.24) is 9.97 Å². The van der Waals surface area contributed by atoms with Crippen molar-refractivity contribution in [2.24, 2.45) is 11.7 Å². The van der Waals surface area contributed by atoms with Gasteiger partial charge in [0.1, 0.15) is 4.70 Å². The van der Waals surface area contributed by atoms with E-state index in [0.29, 0.717) is 22.7 Å². The number of aromatic nitrogens is 2. The predicted octanol–water partition coefficient (Wildman–Crippen LogP) is 2.35. The van der Waals surface area contributed by atoms with Gasteiger partial charge in [0.25, 0.3) is 5.56 Å². The number of primary amides is 1. The lowest BCUT2D eigenvalue weighted by molar-refractivity contribution is -0.122. The lowest BCUT2D eigenvalue weighted by Crippen LogP contribution is -2.42. The number of piperidine rings is 1. The number of nitrogens with two attached hydrogens (primary N) is 1. The Morgan fingerprint density at radius 2 is 2.12 bits per heavy atom. The highest BCUT2D eigenvalue weighted by Crippen LogP contribution is 2.32. The van der Waals surface area contributed by atoms with E-state index in [-0.39, 0.29) is 17.4 Å². The Hall–Kier alpha value is -2.67. The van der Waals surface area contributed by atoms with Gasteiger partial charge >= 0.3 is 0 Å². The molecule has 2 aromatic heterocycles. The number of fused-ring (bicyclic) bond motifs is 1. The molecule has 7 heteroatoms. The molecule has 6 nitrogen and oxygen atoms in total. The molecule has 0 bridgehead atoms. The Morgan fingerprint density at radius 1 is 1.32 bits per heavy atom. The van der Waals surface area contributed by atoms with Gasteiger partial charge in [-0.15, -0.1) is 11.3 Å². The molecule has 25 heavy (non-hydrogen) atoms. The summed E-state index contributed by atoms with van der Waals surface area (Å²) in [6.45, 7) is 1.25. The van der Waals surface area contributed by atoms with Crippen LogP contribution in [0.25, 0.3) is 21.3 Å². The summed E-state index contributed by atoms with van der Waals surface area (Å²) >= 11 is 1.40. The van der Waals surface area contributed by atoms with Gasteiger partial charge in [-0.2, -0.15) is 0 Å². The standard InChI is InChI=1S/C18H18N4O2S/c19-16(23)12-7-4-8-22(9-12)18-20-14-13(11-5-2-1-3-6-11)10-25-15(14)17(24)21-18/h1-3,5-6,10,12H,4,7-9H2,(H2,19,23)(H,20,21,24). The van der Waals surface area contributed by atoms with Gasteiger partial charge in [-0.05, 0) is 18.4 Å². The van der Waals surface area contributed by atoms with Crippen LogP contribution in [0.15, 0.2) is 40.5 Å². The highest BCUT2D eigenvalue weighted by atomic mass is 32.1. The van der Waals surface area contributed by atoms with Crippen molar-refractivity contribution in [3.63, 3.8) is 0 Å². The van der Waals surface area contributed by atoms with Crippen molar-refractivity contribution in [3.05, 3.63) is 46.1 Å². The van der Waals surface area contributed by atoms with Gasteiger partial charge in [-0.25, -0.2) is 4.98 Å². The lowest BCUT2D eigenvalue weighted by Gasteiger charge is -2.31. The summed E-state index contributed by atoms with van der Waals surface area (Å²) in [5, 5.41) is 1.97. The van der Waals surface area contributed by atoms with E-state index in [2.05, 4.69) is 4.98 Å². The minimum atomic E-state index is -0.298. The van der Waals surface area contributed by atoms with Crippen LogP contribution >= 0.6 is 11.3 Å². The number of aromatic amines is 1. The van der Waals surface area contributed by atoms with Gasteiger partial charge in [-0.1, -0.05) is 30.3 Å². The molecule has 128 valence electrons. The fourth-order valence-corrected chi connectivity index (χ4v) is 4.20. The van der Waals surface area contributed by atoms with Crippen LogP contribution in [0.4, 0.5) is 5.95 Å². The first-order chi connectivity index (χ1) is 12.1. The SMILES string of the molecule is NC(=O)C1CCCN(c2nc3c(-c4ccccc4)csc3c(=O)[nH]2)C1. The number of benzene rings is 1. The molecule has 1 saturated heterocycles. The van der Waals surface area contributed by atoms with Crippen molar-refractivity contribution in [2.45, 2.75) is 12.8 Å². The Labute approximate surface area is 148 Å². The van der Waals surface area contributed by atoms with Crippen LogP contribution in [0.2, 0.25) is 0 Å². The average molecular weight is 354 g/mol. The van der Waals surface area contributed by atoms with Crippen LogP contribution in [0.1, 0.15) is 12.8 Å². The summed E-state index contributed by atoms with van der Waals surface area (Å²) in [6, 6.07) is 9.91. The zero-order valence-electron chi connectivity index (χ0n) is 13.6. The minimum absolute atomic E-state index is 0.145. The smallest absolute Gasteiger partial charge is 0.270 e. The number of hydrogen-bond donors (Lipinski definition) is 2. The molecule has 1 fully saturated rings. The molecular formula is C18H18N4O2S. The van der Waals surface area contributed by atoms with Gasteiger partial charge in [0, 0.05) is 24.0 Å². The second kappa shape index (κ2) is 6.33. The van der Waals surface area contributed by atoms with E-state index in [4.69, 9.17) is 10.7 Å². The fourth-order valence-electron chi connectivity index (χ4n) is 3.29. The minimum Gasteiger partial charge on any atom is -0.369 e. The van der Waals surface area contributed by atoms with Crippen molar-refractivity contribution in [1.29, 1.82) is 0 Å². The van der Waals surface area contributed by atoms with Gasteiger partial charge in [0.2, 0.25) is 11.9 Å². The molecule has 1 aliphatic rings. The van der Waals surface area contributed by atoms with Crippen LogP contribution in [-0.2, 0) is 4.79 Å². The first-order valence-corrected chi connectivity index (χ1v) is 9.12. The summed E-state index contributed by atoms with van der Waals surface area (Å²) < 4.78 is 0.617. The van der Waals surface area contributed by atoms with E-state index < -0.39 is 0 Å². The van der Waals surface area contributed by atoms with E-state index in [9.17, 15) is 9.59 Å². The molecule has 0 spiro atoms. The quantitative estimate of drug-likeness (QED) is 0.755. The number of nitrogens with one attached hydrogen (secondary N) is 1. The second-order valence-electron chi connectivity index (χ2n) is 6.27. The molecule has 0 radical (unpaired) electrons. The van der Waals surface area contributed by atoms with E-state index >= 15 is 0 Å². The molecule has 1 atom stereocenters. The highest BCUT2D eigenvalue weighted by Gasteiger charge is 2.26. The third-order valence-corrected chi connectivity index (χ3v) is 5.59. The van der Waals surface area contributed by atoms with Gasteiger partial charge in [0.15, 0.2) is 0 Å². The Kier molecular flexibility index (Phi) is 4.01. The number of amides is 1. The summed E-state index contributed by atoms with van der Waals surface area (Å²) in [6.07, 6.45) is 1.64. The molecule has 4 rings (SSSR count). The maximum Gasteiger partial charge on any atom is 0.270 e. The summed E-state index contributed by atoms with van der Waals surface area (Å²) in [5.74, 6) is 0.0125. The van der Waals surface area contributed by atoms with Gasteiger partial charge in [0.05, 0.1) is 11.4 Å². The monoisotopic (exact) mass is 354 g/mol. The first-order valence-electron chi connectivity index (χ1n) is 8.24. The predicted molar refractivity (Wildman–Crippen MR) is 99.8 cm³/mol. The van der Waals surface area contributed by atoms with Crippen LogP contribution in [0.3, 0.4) is 0 Å². The topological polar surface area (TPSA) is 92.1 Å². The van der Waals surface area contributed by atoms with E-state index in [1.165, 1.54) is 11.3 Å². The number of thiophene rings is 1. The van der Waals surface area contributed by atoms with Crippen molar-refractivity contribution in [3.8, 4) is 11.1 Å². The number of rotatable bonds is 3. The Morgan fingerprint density at radius 3 is 2.88 bits per heavy atom. The van der Waals surface area contributed by atoms with Crippen molar-refractivity contribution in [2.75, 3.05) is 18.0 Å². The molecule has 0 saturated carbocycles. The molecule has 0 aliphatic carbocycles. The molecule has 1 aliphatic heterocycles. The van der Waals surface area contributed by atoms with Crippen LogP contribution in [0, 0.1) is 5.92 Å². The Balaban J connectivity index is 1.78. The number of hydrogen-bond acceptors (Lipinski definition) is 5.